The van der Waals surface area contributed by atoms with E-state index >= 15 is 0 Å². The molecule has 3 heterocycles. The summed E-state index contributed by atoms with van der Waals surface area (Å²) in [5, 5.41) is 3.56. The topological polar surface area (TPSA) is 50.8 Å². The van der Waals surface area contributed by atoms with Gasteiger partial charge in [-0.25, -0.2) is 4.79 Å². The summed E-state index contributed by atoms with van der Waals surface area (Å²) in [6.45, 7) is 8.81. The number of nitrogens with one attached hydrogen (secondary N) is 1. The molecule has 214 valence electrons. The van der Waals surface area contributed by atoms with E-state index in [9.17, 15) is 4.79 Å². The molecular formula is C37H38N2O3. The predicted octanol–water partition coefficient (Wildman–Crippen LogP) is 8.96. The van der Waals surface area contributed by atoms with Crippen molar-refractivity contribution in [3.63, 3.8) is 0 Å². The van der Waals surface area contributed by atoms with Gasteiger partial charge in [0.05, 0.1) is 5.56 Å². The first-order valence-electron chi connectivity index (χ1n) is 15.4. The summed E-state index contributed by atoms with van der Waals surface area (Å²) in [5.41, 5.74) is 6.23. The van der Waals surface area contributed by atoms with E-state index in [-0.39, 0.29) is 5.97 Å². The number of hydrogen-bond donors (Lipinski definition) is 1. The number of anilines is 3. The molecule has 4 aromatic carbocycles. The standard InChI is InChI=1S/C37H38N2O3/c1-4-11-25-22-39(23-26(25)12-5-2)28-17-18-31-35(20-28)41-34-19-24(3)33(38-27-13-7-6-8-14-27)21-32(34)37(31)30-16-10-9-15-29(30)36(40)42-37/h6-10,13-21,25-26,38H,4-5,11-12,22-23H2,1-3H3. The molecule has 5 nitrogen and oxygen atoms in total. The Morgan fingerprint density at radius 2 is 1.50 bits per heavy atom. The number of benzene rings is 4. The van der Waals surface area contributed by atoms with Crippen molar-refractivity contribution in [2.45, 2.75) is 52.1 Å². The number of fused-ring (bicyclic) bond motifs is 6. The third kappa shape index (κ3) is 4.25. The monoisotopic (exact) mass is 558 g/mol. The van der Waals surface area contributed by atoms with E-state index in [0.717, 1.165) is 70.1 Å². The van der Waals surface area contributed by atoms with Gasteiger partial charge in [-0.1, -0.05) is 63.1 Å². The second kappa shape index (κ2) is 10.5. The van der Waals surface area contributed by atoms with Gasteiger partial charge < -0.3 is 19.7 Å². The van der Waals surface area contributed by atoms with Gasteiger partial charge in [-0.2, -0.15) is 0 Å². The number of carbonyl (C=O) groups is 1. The molecule has 42 heavy (non-hydrogen) atoms. The molecule has 3 atom stereocenters. The van der Waals surface area contributed by atoms with Crippen molar-refractivity contribution in [2.75, 3.05) is 23.3 Å². The molecule has 1 N–H and O–H groups in total. The van der Waals surface area contributed by atoms with Crippen molar-refractivity contribution in [1.82, 2.24) is 0 Å². The van der Waals surface area contributed by atoms with Crippen molar-refractivity contribution < 1.29 is 14.3 Å². The Bertz CT molecular complexity index is 1630. The summed E-state index contributed by atoms with van der Waals surface area (Å²) in [6.07, 6.45) is 4.97. The van der Waals surface area contributed by atoms with Crippen LogP contribution in [0.2, 0.25) is 0 Å². The maximum atomic E-state index is 13.4. The second-order valence-electron chi connectivity index (χ2n) is 12.1. The first-order valence-corrected chi connectivity index (χ1v) is 15.4. The molecule has 0 saturated carbocycles. The van der Waals surface area contributed by atoms with E-state index in [1.807, 2.05) is 54.6 Å². The van der Waals surface area contributed by atoms with Crippen LogP contribution in [0.15, 0.2) is 84.9 Å². The molecule has 0 radical (unpaired) electrons. The average Bonchev–Trinajstić information content (AvgIpc) is 3.53. The van der Waals surface area contributed by atoms with Crippen LogP contribution in [0.3, 0.4) is 0 Å². The SMILES string of the molecule is CCCC1CN(c2ccc3c(c2)Oc2cc(C)c(Nc4ccccc4)cc2C32OC(=O)c3ccccc32)CC1CCC. The zero-order valence-corrected chi connectivity index (χ0v) is 24.7. The third-order valence-electron chi connectivity index (χ3n) is 9.36. The molecule has 1 saturated heterocycles. The van der Waals surface area contributed by atoms with Gasteiger partial charge >= 0.3 is 5.97 Å². The van der Waals surface area contributed by atoms with E-state index in [1.165, 1.54) is 31.4 Å². The van der Waals surface area contributed by atoms with Gasteiger partial charge in [0, 0.05) is 52.9 Å². The van der Waals surface area contributed by atoms with Crippen LogP contribution in [0.25, 0.3) is 0 Å². The first kappa shape index (κ1) is 26.6. The summed E-state index contributed by atoms with van der Waals surface area (Å²) in [6, 6.07) is 28.5. The van der Waals surface area contributed by atoms with E-state index in [4.69, 9.17) is 9.47 Å². The minimum absolute atomic E-state index is 0.309. The highest BCUT2D eigenvalue weighted by Gasteiger charge is 2.53. The summed E-state index contributed by atoms with van der Waals surface area (Å²) in [5.74, 6) is 2.60. The van der Waals surface area contributed by atoms with Crippen LogP contribution in [0.4, 0.5) is 17.1 Å². The lowest BCUT2D eigenvalue weighted by atomic mass is 9.77. The maximum Gasteiger partial charge on any atom is 0.340 e. The molecule has 5 heteroatoms. The van der Waals surface area contributed by atoms with Gasteiger partial charge in [0.15, 0.2) is 5.60 Å². The third-order valence-corrected chi connectivity index (χ3v) is 9.36. The van der Waals surface area contributed by atoms with Crippen LogP contribution in [0, 0.1) is 18.8 Å². The van der Waals surface area contributed by atoms with Gasteiger partial charge in [-0.05, 0) is 79.6 Å². The Hall–Kier alpha value is -4.25. The lowest BCUT2D eigenvalue weighted by Crippen LogP contribution is -2.33. The Balaban J connectivity index is 1.35. The van der Waals surface area contributed by atoms with Crippen LogP contribution >= 0.6 is 0 Å². The smallest absolute Gasteiger partial charge is 0.340 e. The highest BCUT2D eigenvalue weighted by atomic mass is 16.6. The van der Waals surface area contributed by atoms with Crippen molar-refractivity contribution in [2.24, 2.45) is 11.8 Å². The van der Waals surface area contributed by atoms with E-state index < -0.39 is 5.60 Å². The lowest BCUT2D eigenvalue weighted by molar-refractivity contribution is 0.0224. The van der Waals surface area contributed by atoms with E-state index in [0.29, 0.717) is 5.56 Å². The summed E-state index contributed by atoms with van der Waals surface area (Å²) in [4.78, 5) is 15.9. The number of para-hydroxylation sites is 1. The summed E-state index contributed by atoms with van der Waals surface area (Å²) >= 11 is 0. The Morgan fingerprint density at radius 1 is 0.810 bits per heavy atom. The predicted molar refractivity (Wildman–Crippen MR) is 168 cm³/mol. The zero-order valence-electron chi connectivity index (χ0n) is 24.7. The molecule has 1 fully saturated rings. The molecule has 0 aliphatic carbocycles. The first-order chi connectivity index (χ1) is 20.5. The average molecular weight is 559 g/mol. The van der Waals surface area contributed by atoms with Crippen molar-refractivity contribution in [3.8, 4) is 11.5 Å². The minimum Gasteiger partial charge on any atom is -0.456 e. The highest BCUT2D eigenvalue weighted by molar-refractivity contribution is 5.97. The van der Waals surface area contributed by atoms with Crippen LogP contribution in [-0.2, 0) is 10.3 Å². The van der Waals surface area contributed by atoms with Crippen molar-refractivity contribution in [3.05, 3.63) is 113 Å². The molecular weight excluding hydrogens is 520 g/mol. The molecule has 3 aliphatic heterocycles. The van der Waals surface area contributed by atoms with Crippen LogP contribution in [0.5, 0.6) is 11.5 Å². The molecule has 0 bridgehead atoms. The van der Waals surface area contributed by atoms with Gasteiger partial charge in [0.25, 0.3) is 0 Å². The van der Waals surface area contributed by atoms with E-state index in [1.54, 1.807) is 0 Å². The summed E-state index contributed by atoms with van der Waals surface area (Å²) in [7, 11) is 0. The largest absolute Gasteiger partial charge is 0.456 e. The second-order valence-corrected chi connectivity index (χ2v) is 12.1. The number of ether oxygens (including phenoxy) is 2. The number of hydrogen-bond acceptors (Lipinski definition) is 5. The van der Waals surface area contributed by atoms with Crippen LogP contribution in [0.1, 0.15) is 72.1 Å². The fourth-order valence-electron chi connectivity index (χ4n) is 7.36. The fourth-order valence-corrected chi connectivity index (χ4v) is 7.36. The molecule has 3 unspecified atom stereocenters. The van der Waals surface area contributed by atoms with Crippen molar-refractivity contribution >= 4 is 23.0 Å². The van der Waals surface area contributed by atoms with Gasteiger partial charge in [-0.15, -0.1) is 0 Å². The number of rotatable bonds is 7. The number of nitrogens with zero attached hydrogens (tertiary/aromatic N) is 1. The Labute approximate surface area is 248 Å². The van der Waals surface area contributed by atoms with Gasteiger partial charge in [-0.3, -0.25) is 0 Å². The zero-order chi connectivity index (χ0) is 28.8. The number of carbonyl (C=O) groups excluding carboxylic acids is 1. The maximum absolute atomic E-state index is 13.4. The minimum atomic E-state index is -1.09. The molecule has 1 spiro atoms. The highest BCUT2D eigenvalue weighted by Crippen LogP contribution is 2.57. The van der Waals surface area contributed by atoms with Crippen LogP contribution < -0.4 is 15.0 Å². The number of aryl methyl sites for hydroxylation is 1. The quantitative estimate of drug-likeness (QED) is 0.230. The fraction of sp³-hybridized carbons (Fsp3) is 0.324. The van der Waals surface area contributed by atoms with Gasteiger partial charge in [0.1, 0.15) is 11.5 Å². The van der Waals surface area contributed by atoms with Gasteiger partial charge in [0.2, 0.25) is 0 Å². The molecule has 3 aliphatic rings. The van der Waals surface area contributed by atoms with Crippen molar-refractivity contribution in [1.29, 1.82) is 0 Å². The van der Waals surface area contributed by atoms with Crippen LogP contribution in [-0.4, -0.2) is 19.1 Å². The lowest BCUT2D eigenvalue weighted by Gasteiger charge is -2.37. The Kier molecular flexibility index (Phi) is 6.69. The Morgan fingerprint density at radius 3 is 2.24 bits per heavy atom. The van der Waals surface area contributed by atoms with E-state index in [2.05, 4.69) is 61.3 Å². The summed E-state index contributed by atoms with van der Waals surface area (Å²) < 4.78 is 13.2. The molecule has 0 aromatic heterocycles. The molecule has 0 amide bonds. The molecule has 7 rings (SSSR count). The number of esters is 1. The molecule has 4 aromatic rings. The normalized spacial score (nSPS) is 21.9.